The number of nitrogens with zero attached hydrogens (tertiary/aromatic N) is 1. The van der Waals surface area contributed by atoms with Crippen molar-refractivity contribution >= 4 is 17.7 Å². The number of primary amides is 1. The van der Waals surface area contributed by atoms with Crippen molar-refractivity contribution in [2.24, 2.45) is 11.7 Å². The number of thioether (sulfide) groups is 1. The van der Waals surface area contributed by atoms with E-state index in [4.69, 9.17) is 5.73 Å². The van der Waals surface area contributed by atoms with Gasteiger partial charge in [-0.25, -0.2) is 0 Å². The molecule has 0 bridgehead atoms. The fourth-order valence-corrected chi connectivity index (χ4v) is 6.37. The Kier molecular flexibility index (Phi) is 7.26. The Morgan fingerprint density at radius 1 is 0.970 bits per heavy atom. The summed E-state index contributed by atoms with van der Waals surface area (Å²) < 4.78 is 0.994. The van der Waals surface area contributed by atoms with E-state index >= 15 is 0 Å². The first-order chi connectivity index (χ1) is 15.9. The van der Waals surface area contributed by atoms with Gasteiger partial charge in [0.05, 0.1) is 26.7 Å². The number of hydrogen-bond acceptors (Lipinski definition) is 2. The van der Waals surface area contributed by atoms with Crippen molar-refractivity contribution in [2.75, 3.05) is 32.4 Å². The first-order valence-electron chi connectivity index (χ1n) is 11.9. The number of aryl methyl sites for hydroxylation is 1. The zero-order valence-electron chi connectivity index (χ0n) is 19.7. The molecule has 172 valence electrons. The minimum absolute atomic E-state index is 0.176. The number of hydrogen-bond donors (Lipinski definition) is 1. The second-order valence-corrected chi connectivity index (χ2v) is 10.8. The monoisotopic (exact) mass is 459 g/mol. The Morgan fingerprint density at radius 3 is 2.09 bits per heavy atom. The van der Waals surface area contributed by atoms with E-state index in [1.54, 1.807) is 0 Å². The highest BCUT2D eigenvalue weighted by atomic mass is 32.2. The summed E-state index contributed by atoms with van der Waals surface area (Å²) in [7, 11) is 2.35. The van der Waals surface area contributed by atoms with E-state index in [1.807, 2.05) is 48.2 Å². The molecule has 3 nitrogen and oxygen atoms in total. The van der Waals surface area contributed by atoms with Crippen molar-refractivity contribution < 1.29 is 9.28 Å². The van der Waals surface area contributed by atoms with Crippen LogP contribution < -0.4 is 5.73 Å². The Labute approximate surface area is 202 Å². The number of quaternary nitrogens is 1. The zero-order chi connectivity index (χ0) is 23.3. The number of likely N-dealkylation sites (tertiary alicyclic amines) is 1. The highest BCUT2D eigenvalue weighted by Gasteiger charge is 2.53. The lowest BCUT2D eigenvalue weighted by molar-refractivity contribution is -0.899. The molecule has 1 amide bonds. The molecule has 2 atom stereocenters. The standard InChI is InChI=1S/C29H34N2OS/c1-23-14-16-27(17-15-23)33-21-9-19-31(2)20-18-26(22-31)29(28(30)32,24-10-5-3-6-11-24)25-12-7-4-8-13-25/h3-8,10-17,26H,9,18-22H2,1-2H3,(H-,30,32)/p+1/t26-,31?/m1/s1. The van der Waals surface area contributed by atoms with Gasteiger partial charge in [0.1, 0.15) is 5.41 Å². The van der Waals surface area contributed by atoms with E-state index in [2.05, 4.69) is 62.5 Å². The van der Waals surface area contributed by atoms with Crippen LogP contribution in [0.15, 0.2) is 89.8 Å². The lowest BCUT2D eigenvalue weighted by Gasteiger charge is -2.38. The molecule has 33 heavy (non-hydrogen) atoms. The van der Waals surface area contributed by atoms with Crippen molar-refractivity contribution in [3.63, 3.8) is 0 Å². The molecular formula is C29H35N2OS+. The van der Waals surface area contributed by atoms with E-state index in [9.17, 15) is 4.79 Å². The number of nitrogens with two attached hydrogens (primary N) is 1. The van der Waals surface area contributed by atoms with Gasteiger partial charge in [-0.15, -0.1) is 11.8 Å². The van der Waals surface area contributed by atoms with E-state index in [1.165, 1.54) is 10.5 Å². The van der Waals surface area contributed by atoms with Crippen molar-refractivity contribution in [1.29, 1.82) is 0 Å². The topological polar surface area (TPSA) is 43.1 Å². The van der Waals surface area contributed by atoms with Crippen LogP contribution in [0, 0.1) is 12.8 Å². The Hall–Kier alpha value is -2.56. The molecule has 0 aliphatic carbocycles. The van der Waals surface area contributed by atoms with Crippen LogP contribution in [0.5, 0.6) is 0 Å². The molecule has 1 fully saturated rings. The van der Waals surface area contributed by atoms with Gasteiger partial charge in [0.2, 0.25) is 5.91 Å². The molecule has 1 unspecified atom stereocenters. The molecular weight excluding hydrogens is 424 g/mol. The van der Waals surface area contributed by atoms with Crippen LogP contribution in [-0.4, -0.2) is 42.8 Å². The van der Waals surface area contributed by atoms with Crippen LogP contribution in [0.2, 0.25) is 0 Å². The summed E-state index contributed by atoms with van der Waals surface area (Å²) in [5.41, 5.74) is 8.78. The van der Waals surface area contributed by atoms with E-state index in [0.717, 1.165) is 53.8 Å². The van der Waals surface area contributed by atoms with Gasteiger partial charge in [-0.2, -0.15) is 0 Å². The lowest BCUT2D eigenvalue weighted by Crippen LogP contribution is -2.51. The maximum atomic E-state index is 13.3. The maximum Gasteiger partial charge on any atom is 0.233 e. The zero-order valence-corrected chi connectivity index (χ0v) is 20.6. The number of amides is 1. The number of carbonyl (C=O) groups excluding carboxylic acids is 1. The molecule has 1 aliphatic heterocycles. The fraction of sp³-hybridized carbons (Fsp3) is 0.345. The highest BCUT2D eigenvalue weighted by molar-refractivity contribution is 7.99. The first kappa shape index (κ1) is 23.6. The average Bonchev–Trinajstić information content (AvgIpc) is 3.22. The Balaban J connectivity index is 1.51. The van der Waals surface area contributed by atoms with Crippen molar-refractivity contribution in [3.8, 4) is 0 Å². The largest absolute Gasteiger partial charge is 0.369 e. The second-order valence-electron chi connectivity index (χ2n) is 9.65. The summed E-state index contributed by atoms with van der Waals surface area (Å²) in [6.45, 7) is 5.28. The molecule has 0 aromatic heterocycles. The average molecular weight is 460 g/mol. The van der Waals surface area contributed by atoms with E-state index in [0.29, 0.717) is 0 Å². The van der Waals surface area contributed by atoms with Gasteiger partial charge >= 0.3 is 0 Å². The van der Waals surface area contributed by atoms with E-state index in [-0.39, 0.29) is 11.8 Å². The van der Waals surface area contributed by atoms with Crippen molar-refractivity contribution in [3.05, 3.63) is 102 Å². The van der Waals surface area contributed by atoms with Crippen LogP contribution in [0.1, 0.15) is 29.5 Å². The normalized spacial score (nSPS) is 20.6. The van der Waals surface area contributed by atoms with Gasteiger partial charge in [0.25, 0.3) is 0 Å². The maximum absolute atomic E-state index is 13.3. The predicted octanol–water partition coefficient (Wildman–Crippen LogP) is 5.42. The predicted molar refractivity (Wildman–Crippen MR) is 138 cm³/mol. The Bertz CT molecular complexity index is 1010. The summed E-state index contributed by atoms with van der Waals surface area (Å²) in [6.07, 6.45) is 2.15. The minimum Gasteiger partial charge on any atom is -0.369 e. The lowest BCUT2D eigenvalue weighted by atomic mass is 9.64. The number of benzene rings is 3. The number of rotatable bonds is 9. The van der Waals surface area contributed by atoms with Crippen molar-refractivity contribution in [1.82, 2.24) is 0 Å². The summed E-state index contributed by atoms with van der Waals surface area (Å²) >= 11 is 1.93. The summed E-state index contributed by atoms with van der Waals surface area (Å²) in [5.74, 6) is 1.04. The molecule has 1 aliphatic rings. The number of carbonyl (C=O) groups is 1. The smallest absolute Gasteiger partial charge is 0.233 e. The van der Waals surface area contributed by atoms with Gasteiger partial charge in [0, 0.05) is 29.4 Å². The molecule has 0 spiro atoms. The minimum atomic E-state index is -0.796. The summed E-state index contributed by atoms with van der Waals surface area (Å²) in [6, 6.07) is 29.1. The van der Waals surface area contributed by atoms with Crippen LogP contribution in [0.3, 0.4) is 0 Å². The van der Waals surface area contributed by atoms with Crippen LogP contribution in [-0.2, 0) is 10.2 Å². The molecule has 4 rings (SSSR count). The molecule has 4 heteroatoms. The third kappa shape index (κ3) is 5.02. The van der Waals surface area contributed by atoms with Gasteiger partial charge in [0.15, 0.2) is 0 Å². The van der Waals surface area contributed by atoms with E-state index < -0.39 is 5.41 Å². The van der Waals surface area contributed by atoms with Gasteiger partial charge < -0.3 is 10.2 Å². The summed E-state index contributed by atoms with van der Waals surface area (Å²) in [5, 5.41) is 0. The quantitative estimate of drug-likeness (QED) is 0.264. The third-order valence-corrected chi connectivity index (χ3v) is 8.37. The van der Waals surface area contributed by atoms with Crippen LogP contribution >= 0.6 is 11.8 Å². The fourth-order valence-electron chi connectivity index (χ4n) is 5.54. The molecule has 2 N–H and O–H groups in total. The van der Waals surface area contributed by atoms with Crippen molar-refractivity contribution in [2.45, 2.75) is 30.1 Å². The van der Waals surface area contributed by atoms with Gasteiger partial charge in [-0.1, -0.05) is 78.4 Å². The second kappa shape index (κ2) is 10.1. The molecule has 0 saturated carbocycles. The molecule has 1 heterocycles. The van der Waals surface area contributed by atoms with Crippen LogP contribution in [0.4, 0.5) is 0 Å². The van der Waals surface area contributed by atoms with Gasteiger partial charge in [-0.05, 0) is 30.2 Å². The molecule has 1 saturated heterocycles. The van der Waals surface area contributed by atoms with Crippen LogP contribution in [0.25, 0.3) is 0 Å². The SMILES string of the molecule is Cc1ccc(SCCC[N+]2(C)CC[C@@H](C(C(N)=O)(c3ccccc3)c3ccccc3)C2)cc1. The van der Waals surface area contributed by atoms with Gasteiger partial charge in [-0.3, -0.25) is 4.79 Å². The highest BCUT2D eigenvalue weighted by Crippen LogP contribution is 2.45. The molecule has 3 aromatic rings. The molecule has 3 aromatic carbocycles. The Morgan fingerprint density at radius 2 is 1.55 bits per heavy atom. The molecule has 0 radical (unpaired) electrons. The third-order valence-electron chi connectivity index (χ3n) is 7.27. The first-order valence-corrected chi connectivity index (χ1v) is 12.9. The summed E-state index contributed by atoms with van der Waals surface area (Å²) in [4.78, 5) is 14.6.